The van der Waals surface area contributed by atoms with Gasteiger partial charge < -0.3 is 14.0 Å². The van der Waals surface area contributed by atoms with Crippen molar-refractivity contribution in [1.29, 1.82) is 0 Å². The monoisotopic (exact) mass is 323 g/mol. The molecule has 3 heteroatoms. The van der Waals surface area contributed by atoms with Gasteiger partial charge in [0.1, 0.15) is 11.5 Å². The highest BCUT2D eigenvalue weighted by atomic mass is 16.5. The summed E-state index contributed by atoms with van der Waals surface area (Å²) in [6, 6.07) is 14.9. The lowest BCUT2D eigenvalue weighted by molar-refractivity contribution is 0.398. The second-order valence-electron chi connectivity index (χ2n) is 7.15. The zero-order valence-electron chi connectivity index (χ0n) is 15.1. The van der Waals surface area contributed by atoms with Gasteiger partial charge in [0.2, 0.25) is 0 Å². The highest BCUT2D eigenvalue weighted by Gasteiger charge is 2.13. The summed E-state index contributed by atoms with van der Waals surface area (Å²) in [5.41, 5.74) is 3.93. The average Bonchev–Trinajstić information content (AvgIpc) is 2.96. The maximum absolute atomic E-state index is 5.49. The van der Waals surface area contributed by atoms with Crippen LogP contribution in [0.4, 0.5) is 0 Å². The number of fused-ring (bicyclic) bond motifs is 1. The lowest BCUT2D eigenvalue weighted by Gasteiger charge is -2.19. The van der Waals surface area contributed by atoms with E-state index in [1.165, 1.54) is 11.1 Å². The van der Waals surface area contributed by atoms with Crippen LogP contribution < -0.4 is 9.47 Å². The van der Waals surface area contributed by atoms with Crippen molar-refractivity contribution in [1.82, 2.24) is 4.57 Å². The molecule has 0 radical (unpaired) electrons. The zero-order valence-corrected chi connectivity index (χ0v) is 15.1. The van der Waals surface area contributed by atoms with Crippen LogP contribution in [0.1, 0.15) is 31.9 Å². The molecule has 126 valence electrons. The van der Waals surface area contributed by atoms with E-state index in [1.54, 1.807) is 14.2 Å². The Labute approximate surface area is 143 Å². The van der Waals surface area contributed by atoms with Gasteiger partial charge in [0.25, 0.3) is 0 Å². The van der Waals surface area contributed by atoms with Crippen LogP contribution in [-0.2, 0) is 12.0 Å². The fourth-order valence-corrected chi connectivity index (χ4v) is 2.97. The molecule has 0 aliphatic rings. The summed E-state index contributed by atoms with van der Waals surface area (Å²) in [5.74, 6) is 1.65. The van der Waals surface area contributed by atoms with Crippen LogP contribution in [0.3, 0.4) is 0 Å². The predicted octanol–water partition coefficient (Wildman–Crippen LogP) is 5.00. The summed E-state index contributed by atoms with van der Waals surface area (Å²) in [6.07, 6.45) is 2.10. The van der Waals surface area contributed by atoms with Gasteiger partial charge in [0.05, 0.1) is 19.7 Å². The molecule has 0 saturated heterocycles. The molecular formula is C21H25NO2. The third-order valence-electron chi connectivity index (χ3n) is 4.45. The van der Waals surface area contributed by atoms with Crippen molar-refractivity contribution < 1.29 is 9.47 Å². The highest BCUT2D eigenvalue weighted by molar-refractivity contribution is 5.88. The largest absolute Gasteiger partial charge is 0.497 e. The molecule has 0 aliphatic carbocycles. The Bertz CT molecular complexity index is 839. The van der Waals surface area contributed by atoms with Crippen molar-refractivity contribution >= 4 is 10.9 Å². The summed E-state index contributed by atoms with van der Waals surface area (Å²) in [4.78, 5) is 0. The Morgan fingerprint density at radius 2 is 1.62 bits per heavy atom. The zero-order chi connectivity index (χ0) is 17.3. The van der Waals surface area contributed by atoms with E-state index in [9.17, 15) is 0 Å². The minimum absolute atomic E-state index is 0.180. The van der Waals surface area contributed by atoms with E-state index >= 15 is 0 Å². The number of methoxy groups -OCH3 is 2. The number of nitrogens with zero attached hydrogens (tertiary/aromatic N) is 1. The maximum Gasteiger partial charge on any atom is 0.131 e. The highest BCUT2D eigenvalue weighted by Crippen LogP contribution is 2.32. The summed E-state index contributed by atoms with van der Waals surface area (Å²) in [5, 5.41) is 1.10. The topological polar surface area (TPSA) is 23.4 Å². The van der Waals surface area contributed by atoms with Gasteiger partial charge in [0, 0.05) is 30.3 Å². The van der Waals surface area contributed by atoms with E-state index in [0.717, 1.165) is 28.9 Å². The van der Waals surface area contributed by atoms with Gasteiger partial charge in [-0.05, 0) is 22.6 Å². The fourth-order valence-electron chi connectivity index (χ4n) is 2.97. The number of hydrogen-bond donors (Lipinski definition) is 0. The van der Waals surface area contributed by atoms with Crippen molar-refractivity contribution in [2.45, 2.75) is 32.7 Å². The number of rotatable bonds is 4. The molecule has 3 rings (SSSR count). The number of ether oxygens (including phenoxy) is 2. The quantitative estimate of drug-likeness (QED) is 0.674. The van der Waals surface area contributed by atoms with Gasteiger partial charge in [-0.3, -0.25) is 0 Å². The third-order valence-corrected chi connectivity index (χ3v) is 4.45. The van der Waals surface area contributed by atoms with Crippen LogP contribution in [0, 0.1) is 0 Å². The number of benzene rings is 2. The van der Waals surface area contributed by atoms with Gasteiger partial charge >= 0.3 is 0 Å². The van der Waals surface area contributed by atoms with Crippen molar-refractivity contribution in [2.75, 3.05) is 14.2 Å². The van der Waals surface area contributed by atoms with Crippen LogP contribution >= 0.6 is 0 Å². The summed E-state index contributed by atoms with van der Waals surface area (Å²) in [7, 11) is 3.37. The molecule has 2 aromatic carbocycles. The first-order chi connectivity index (χ1) is 11.4. The molecule has 1 heterocycles. The first-order valence-corrected chi connectivity index (χ1v) is 8.22. The molecule has 0 spiro atoms. The second-order valence-corrected chi connectivity index (χ2v) is 7.15. The van der Waals surface area contributed by atoms with E-state index in [1.807, 2.05) is 6.07 Å². The predicted molar refractivity (Wildman–Crippen MR) is 99.3 cm³/mol. The first-order valence-electron chi connectivity index (χ1n) is 8.22. The Kier molecular flexibility index (Phi) is 4.27. The summed E-state index contributed by atoms with van der Waals surface area (Å²) >= 11 is 0. The molecule has 0 unspecified atom stereocenters. The van der Waals surface area contributed by atoms with E-state index in [4.69, 9.17) is 9.47 Å². The Hall–Kier alpha value is -2.42. The van der Waals surface area contributed by atoms with Gasteiger partial charge in [-0.25, -0.2) is 0 Å². The van der Waals surface area contributed by atoms with Gasteiger partial charge in [-0.15, -0.1) is 0 Å². The average molecular weight is 323 g/mol. The molecule has 0 bridgehead atoms. The van der Waals surface area contributed by atoms with Crippen molar-refractivity contribution in [3.05, 3.63) is 59.8 Å². The van der Waals surface area contributed by atoms with Gasteiger partial charge in [-0.2, -0.15) is 0 Å². The molecule has 1 aromatic heterocycles. The normalized spacial score (nSPS) is 11.7. The molecule has 0 saturated carbocycles. The maximum atomic E-state index is 5.49. The van der Waals surface area contributed by atoms with Crippen LogP contribution in [0.5, 0.6) is 11.5 Å². The molecule has 0 amide bonds. The standard InChI is InChI=1S/C21H25NO2/c1-21(2,3)16-8-6-15(7-9-16)14-22-11-10-18-19(22)12-17(23-4)13-20(18)24-5/h6-13H,14H2,1-5H3. The molecule has 24 heavy (non-hydrogen) atoms. The summed E-state index contributed by atoms with van der Waals surface area (Å²) < 4.78 is 13.1. The number of aromatic nitrogens is 1. The van der Waals surface area contributed by atoms with Crippen LogP contribution in [0.25, 0.3) is 10.9 Å². The van der Waals surface area contributed by atoms with E-state index < -0.39 is 0 Å². The SMILES string of the molecule is COc1cc(OC)c2ccn(Cc3ccc(C(C)(C)C)cc3)c2c1. The first kappa shape index (κ1) is 16.4. The minimum atomic E-state index is 0.180. The summed E-state index contributed by atoms with van der Waals surface area (Å²) in [6.45, 7) is 7.53. The van der Waals surface area contributed by atoms with Crippen LogP contribution in [0.15, 0.2) is 48.7 Å². The van der Waals surface area contributed by atoms with Crippen molar-refractivity contribution in [2.24, 2.45) is 0 Å². The molecule has 3 aromatic rings. The Morgan fingerprint density at radius 3 is 2.21 bits per heavy atom. The molecule has 0 fully saturated rings. The van der Waals surface area contributed by atoms with Gasteiger partial charge in [-0.1, -0.05) is 45.0 Å². The van der Waals surface area contributed by atoms with Gasteiger partial charge in [0.15, 0.2) is 0 Å². The van der Waals surface area contributed by atoms with E-state index in [-0.39, 0.29) is 5.41 Å². The molecule has 0 N–H and O–H groups in total. The van der Waals surface area contributed by atoms with E-state index in [2.05, 4.69) is 67.9 Å². The third kappa shape index (κ3) is 3.12. The molecule has 0 aliphatic heterocycles. The number of hydrogen-bond acceptors (Lipinski definition) is 2. The van der Waals surface area contributed by atoms with Crippen LogP contribution in [-0.4, -0.2) is 18.8 Å². The molecule has 0 atom stereocenters. The molecule has 3 nitrogen and oxygen atoms in total. The van der Waals surface area contributed by atoms with Crippen molar-refractivity contribution in [3.8, 4) is 11.5 Å². The Balaban J connectivity index is 1.95. The minimum Gasteiger partial charge on any atom is -0.497 e. The van der Waals surface area contributed by atoms with E-state index in [0.29, 0.717) is 0 Å². The van der Waals surface area contributed by atoms with Crippen molar-refractivity contribution in [3.63, 3.8) is 0 Å². The second kappa shape index (κ2) is 6.23. The smallest absolute Gasteiger partial charge is 0.131 e. The Morgan fingerprint density at radius 1 is 0.917 bits per heavy atom. The molecular weight excluding hydrogens is 298 g/mol. The lowest BCUT2D eigenvalue weighted by Crippen LogP contribution is -2.11. The fraction of sp³-hybridized carbons (Fsp3) is 0.333. The lowest BCUT2D eigenvalue weighted by atomic mass is 9.87. The van der Waals surface area contributed by atoms with Crippen LogP contribution in [0.2, 0.25) is 0 Å².